The van der Waals surface area contributed by atoms with Crippen LogP contribution in [0.25, 0.3) is 0 Å². The van der Waals surface area contributed by atoms with Gasteiger partial charge in [-0.3, -0.25) is 0 Å². The molecule has 1 aromatic heterocycles. The van der Waals surface area contributed by atoms with Crippen LogP contribution in [0.1, 0.15) is 30.1 Å². The van der Waals surface area contributed by atoms with Gasteiger partial charge in [0.1, 0.15) is 5.82 Å². The predicted octanol–water partition coefficient (Wildman–Crippen LogP) is 1.81. The van der Waals surface area contributed by atoms with Crippen LogP contribution in [-0.4, -0.2) is 52.8 Å². The maximum absolute atomic E-state index is 11.6. The smallest absolute Gasteiger partial charge is 0.409 e. The van der Waals surface area contributed by atoms with Gasteiger partial charge in [-0.2, -0.15) is 0 Å². The molecule has 1 aliphatic rings. The van der Waals surface area contributed by atoms with Crippen molar-refractivity contribution in [2.45, 2.75) is 25.8 Å². The first-order valence-electron chi connectivity index (χ1n) is 6.97. The Balaban J connectivity index is 1.83. The summed E-state index contributed by atoms with van der Waals surface area (Å²) in [5.41, 5.74) is 0.165. The number of ether oxygens (including phenoxy) is 1. The normalized spacial score (nSPS) is 15.6. The second-order valence-corrected chi connectivity index (χ2v) is 4.84. The van der Waals surface area contributed by atoms with E-state index < -0.39 is 5.97 Å². The summed E-state index contributed by atoms with van der Waals surface area (Å²) in [6.07, 6.45) is 2.68. The number of aromatic carboxylic acids is 1. The van der Waals surface area contributed by atoms with Crippen molar-refractivity contribution >= 4 is 17.9 Å². The Morgan fingerprint density at radius 2 is 2.14 bits per heavy atom. The van der Waals surface area contributed by atoms with Gasteiger partial charge in [-0.05, 0) is 31.9 Å². The van der Waals surface area contributed by atoms with Gasteiger partial charge in [0.2, 0.25) is 0 Å². The number of hydrogen-bond donors (Lipinski definition) is 2. The maximum atomic E-state index is 11.6. The molecule has 2 heterocycles. The SMILES string of the molecule is CCOC(=O)N1CCC(Nc2ccc(C(=O)O)cn2)CC1. The van der Waals surface area contributed by atoms with E-state index in [1.807, 2.05) is 0 Å². The van der Waals surface area contributed by atoms with E-state index in [1.165, 1.54) is 12.3 Å². The molecule has 1 aliphatic heterocycles. The van der Waals surface area contributed by atoms with Gasteiger partial charge < -0.3 is 20.1 Å². The summed E-state index contributed by atoms with van der Waals surface area (Å²) in [7, 11) is 0. The van der Waals surface area contributed by atoms with E-state index in [4.69, 9.17) is 9.84 Å². The van der Waals surface area contributed by atoms with Crippen molar-refractivity contribution in [1.29, 1.82) is 0 Å². The van der Waals surface area contributed by atoms with Crippen molar-refractivity contribution in [2.24, 2.45) is 0 Å². The fourth-order valence-electron chi connectivity index (χ4n) is 2.24. The molecule has 0 aliphatic carbocycles. The average Bonchev–Trinajstić information content (AvgIpc) is 2.49. The number of nitrogens with zero attached hydrogens (tertiary/aromatic N) is 2. The predicted molar refractivity (Wildman–Crippen MR) is 76.4 cm³/mol. The minimum atomic E-state index is -0.989. The standard InChI is InChI=1S/C14H19N3O4/c1-2-21-14(20)17-7-5-11(6-8-17)16-12-4-3-10(9-15-12)13(18)19/h3-4,9,11H,2,5-8H2,1H3,(H,15,16)(H,18,19). The first-order valence-corrected chi connectivity index (χ1v) is 6.97. The number of rotatable bonds is 4. The van der Waals surface area contributed by atoms with Gasteiger partial charge in [-0.25, -0.2) is 14.6 Å². The number of likely N-dealkylation sites (tertiary alicyclic amines) is 1. The number of nitrogens with one attached hydrogen (secondary N) is 1. The molecule has 0 unspecified atom stereocenters. The van der Waals surface area contributed by atoms with Gasteiger partial charge in [0.05, 0.1) is 12.2 Å². The summed E-state index contributed by atoms with van der Waals surface area (Å²) in [6, 6.07) is 3.39. The lowest BCUT2D eigenvalue weighted by atomic mass is 10.1. The van der Waals surface area contributed by atoms with Gasteiger partial charge in [0, 0.05) is 25.3 Å². The van der Waals surface area contributed by atoms with Crippen molar-refractivity contribution in [3.05, 3.63) is 23.9 Å². The van der Waals surface area contributed by atoms with Crippen LogP contribution in [0.2, 0.25) is 0 Å². The molecule has 114 valence electrons. The van der Waals surface area contributed by atoms with Crippen molar-refractivity contribution in [2.75, 3.05) is 25.0 Å². The highest BCUT2D eigenvalue weighted by molar-refractivity contribution is 5.87. The summed E-state index contributed by atoms with van der Waals surface area (Å²) in [5.74, 6) is -0.341. The Hall–Kier alpha value is -2.31. The van der Waals surface area contributed by atoms with E-state index in [9.17, 15) is 9.59 Å². The van der Waals surface area contributed by atoms with Crippen LogP contribution < -0.4 is 5.32 Å². The third-order valence-electron chi connectivity index (χ3n) is 3.38. The highest BCUT2D eigenvalue weighted by Gasteiger charge is 2.23. The zero-order chi connectivity index (χ0) is 15.2. The lowest BCUT2D eigenvalue weighted by molar-refractivity contribution is 0.0696. The summed E-state index contributed by atoms with van der Waals surface area (Å²) < 4.78 is 4.97. The molecule has 1 saturated heterocycles. The Bertz CT molecular complexity index is 495. The third-order valence-corrected chi connectivity index (χ3v) is 3.38. The molecular weight excluding hydrogens is 274 g/mol. The molecular formula is C14H19N3O4. The summed E-state index contributed by atoms with van der Waals surface area (Å²) >= 11 is 0. The number of anilines is 1. The fourth-order valence-corrected chi connectivity index (χ4v) is 2.24. The number of aromatic nitrogens is 1. The number of carbonyl (C=O) groups is 2. The minimum absolute atomic E-state index is 0.165. The zero-order valence-corrected chi connectivity index (χ0v) is 11.9. The highest BCUT2D eigenvalue weighted by Crippen LogP contribution is 2.16. The molecule has 0 saturated carbocycles. The van der Waals surface area contributed by atoms with Crippen LogP contribution in [0.5, 0.6) is 0 Å². The quantitative estimate of drug-likeness (QED) is 0.879. The molecule has 0 radical (unpaired) electrons. The molecule has 21 heavy (non-hydrogen) atoms. The van der Waals surface area contributed by atoms with Crippen LogP contribution in [0.15, 0.2) is 18.3 Å². The monoisotopic (exact) mass is 293 g/mol. The second-order valence-electron chi connectivity index (χ2n) is 4.84. The summed E-state index contributed by atoms with van der Waals surface area (Å²) in [5, 5.41) is 12.1. The van der Waals surface area contributed by atoms with E-state index in [1.54, 1.807) is 17.9 Å². The molecule has 2 N–H and O–H groups in total. The Labute approximate surface area is 122 Å². The summed E-state index contributed by atoms with van der Waals surface area (Å²) in [6.45, 7) is 3.46. The second kappa shape index (κ2) is 6.92. The van der Waals surface area contributed by atoms with Crippen LogP contribution >= 0.6 is 0 Å². The molecule has 1 fully saturated rings. The fraction of sp³-hybridized carbons (Fsp3) is 0.500. The van der Waals surface area contributed by atoms with Gasteiger partial charge in [0.15, 0.2) is 0 Å². The van der Waals surface area contributed by atoms with Crippen LogP contribution in [0.3, 0.4) is 0 Å². The first-order chi connectivity index (χ1) is 10.1. The third kappa shape index (κ3) is 4.08. The van der Waals surface area contributed by atoms with Crippen molar-refractivity contribution < 1.29 is 19.4 Å². The topological polar surface area (TPSA) is 91.8 Å². The van der Waals surface area contributed by atoms with Crippen molar-refractivity contribution in [1.82, 2.24) is 9.88 Å². The largest absolute Gasteiger partial charge is 0.478 e. The number of pyridine rings is 1. The number of carboxylic acids is 1. The molecule has 1 amide bonds. The van der Waals surface area contributed by atoms with E-state index in [2.05, 4.69) is 10.3 Å². The number of carbonyl (C=O) groups excluding carboxylic acids is 1. The van der Waals surface area contributed by atoms with Gasteiger partial charge >= 0.3 is 12.1 Å². The van der Waals surface area contributed by atoms with Crippen molar-refractivity contribution in [3.63, 3.8) is 0 Å². The number of amides is 1. The van der Waals surface area contributed by atoms with Gasteiger partial charge in [0.25, 0.3) is 0 Å². The number of hydrogen-bond acceptors (Lipinski definition) is 5. The molecule has 7 nitrogen and oxygen atoms in total. The average molecular weight is 293 g/mol. The Morgan fingerprint density at radius 3 is 2.67 bits per heavy atom. The summed E-state index contributed by atoms with van der Waals surface area (Å²) in [4.78, 5) is 28.1. The Kier molecular flexibility index (Phi) is 4.97. The van der Waals surface area contributed by atoms with E-state index >= 15 is 0 Å². The van der Waals surface area contributed by atoms with E-state index in [-0.39, 0.29) is 17.7 Å². The van der Waals surface area contributed by atoms with E-state index in [0.717, 1.165) is 12.8 Å². The van der Waals surface area contributed by atoms with Crippen molar-refractivity contribution in [3.8, 4) is 0 Å². The van der Waals surface area contributed by atoms with Crippen LogP contribution in [0, 0.1) is 0 Å². The molecule has 0 atom stereocenters. The van der Waals surface area contributed by atoms with E-state index in [0.29, 0.717) is 25.5 Å². The molecule has 0 bridgehead atoms. The maximum Gasteiger partial charge on any atom is 0.409 e. The van der Waals surface area contributed by atoms with Gasteiger partial charge in [-0.15, -0.1) is 0 Å². The molecule has 1 aromatic rings. The molecule has 7 heteroatoms. The molecule has 0 aromatic carbocycles. The minimum Gasteiger partial charge on any atom is -0.478 e. The lowest BCUT2D eigenvalue weighted by Crippen LogP contribution is -2.42. The zero-order valence-electron chi connectivity index (χ0n) is 11.9. The number of carboxylic acid groups (broad SMARTS) is 1. The first kappa shape index (κ1) is 15.1. The molecule has 0 spiro atoms. The van der Waals surface area contributed by atoms with Crippen LogP contribution in [0.4, 0.5) is 10.6 Å². The lowest BCUT2D eigenvalue weighted by Gasteiger charge is -2.31. The Morgan fingerprint density at radius 1 is 1.43 bits per heavy atom. The number of piperidine rings is 1. The highest BCUT2D eigenvalue weighted by atomic mass is 16.6. The van der Waals surface area contributed by atoms with Gasteiger partial charge in [-0.1, -0.05) is 0 Å². The molecule has 2 rings (SSSR count). The van der Waals surface area contributed by atoms with Crippen LogP contribution in [-0.2, 0) is 4.74 Å².